The molecule has 2 fully saturated rings. The van der Waals surface area contributed by atoms with Crippen LogP contribution < -0.4 is 10.6 Å². The molecule has 0 aromatic heterocycles. The molecule has 0 atom stereocenters. The van der Waals surface area contributed by atoms with Gasteiger partial charge in [-0.3, -0.25) is 19.2 Å². The van der Waals surface area contributed by atoms with Gasteiger partial charge < -0.3 is 31.1 Å². The van der Waals surface area contributed by atoms with Crippen molar-refractivity contribution >= 4 is 23.9 Å². The fraction of sp³-hybridized carbons (Fsp3) is 0.667. The van der Waals surface area contributed by atoms with Crippen LogP contribution in [-0.4, -0.2) is 70.5 Å². The monoisotopic (exact) mass is 326 g/mol. The van der Waals surface area contributed by atoms with Crippen LogP contribution in [0.3, 0.4) is 0 Å². The second-order valence-electron chi connectivity index (χ2n) is 3.58. The lowest BCUT2D eigenvalue weighted by Crippen LogP contribution is -1.78. The first kappa shape index (κ1) is 28.0. The predicted molar refractivity (Wildman–Crippen MR) is 79.0 cm³/mol. The summed E-state index contributed by atoms with van der Waals surface area (Å²) in [7, 11) is 0. The first-order chi connectivity index (χ1) is 9.93. The Morgan fingerprint density at radius 3 is 0.591 bits per heavy atom. The first-order valence-electron chi connectivity index (χ1n) is 6.13. The lowest BCUT2D eigenvalue weighted by atomic mass is 10.9. The maximum absolute atomic E-state index is 9.00. The van der Waals surface area contributed by atoms with Gasteiger partial charge in [0.05, 0.1) is 0 Å². The molecular weight excluding hydrogens is 300 g/mol. The number of carboxylic acids is 4. The maximum atomic E-state index is 9.00. The molecule has 132 valence electrons. The van der Waals surface area contributed by atoms with Crippen LogP contribution in [0, 0.1) is 0 Å². The highest BCUT2D eigenvalue weighted by atomic mass is 16.4. The lowest BCUT2D eigenvalue weighted by molar-refractivity contribution is -0.135. The molecular formula is C12H26N2O8. The Morgan fingerprint density at radius 1 is 0.545 bits per heavy atom. The molecule has 0 amide bonds. The van der Waals surface area contributed by atoms with Crippen LogP contribution in [0.5, 0.6) is 0 Å². The van der Waals surface area contributed by atoms with Crippen molar-refractivity contribution in [3.8, 4) is 0 Å². The number of aliphatic carboxylic acids is 4. The third kappa shape index (κ3) is 126000. The Morgan fingerprint density at radius 2 is 0.591 bits per heavy atom. The SMILES string of the molecule is C1CN1.C1CN1.CC(=O)O.CC(=O)O.CC(=O)O.CC(=O)O. The zero-order chi connectivity index (χ0) is 18.6. The summed E-state index contributed by atoms with van der Waals surface area (Å²) in [5, 5.41) is 35.7. The van der Waals surface area contributed by atoms with Gasteiger partial charge in [0.25, 0.3) is 23.9 Å². The lowest BCUT2D eigenvalue weighted by Gasteiger charge is -1.59. The standard InChI is InChI=1S/2C2H5N.4C2H4O2/c2*1-2-3-1;4*1-2(3)4/h2*3H,1-2H2;4*1H3,(H,3,4). The van der Waals surface area contributed by atoms with E-state index in [1.165, 1.54) is 26.2 Å². The van der Waals surface area contributed by atoms with E-state index < -0.39 is 23.9 Å². The molecule has 10 nitrogen and oxygen atoms in total. The quantitative estimate of drug-likeness (QED) is 0.317. The topological polar surface area (TPSA) is 193 Å². The van der Waals surface area contributed by atoms with Gasteiger partial charge in [0.2, 0.25) is 0 Å². The predicted octanol–water partition coefficient (Wildman–Crippen LogP) is -0.457. The van der Waals surface area contributed by atoms with Crippen molar-refractivity contribution in [1.82, 2.24) is 10.6 Å². The zero-order valence-corrected chi connectivity index (χ0v) is 13.3. The maximum Gasteiger partial charge on any atom is 0.300 e. The molecule has 0 bridgehead atoms. The summed E-state index contributed by atoms with van der Waals surface area (Å²) in [6.07, 6.45) is 0. The molecule has 0 aliphatic carbocycles. The zero-order valence-electron chi connectivity index (χ0n) is 13.3. The van der Waals surface area contributed by atoms with Gasteiger partial charge in [-0.05, 0) is 0 Å². The smallest absolute Gasteiger partial charge is 0.300 e. The summed E-state index contributed by atoms with van der Waals surface area (Å²) in [6, 6.07) is 0. The van der Waals surface area contributed by atoms with E-state index in [9.17, 15) is 0 Å². The van der Waals surface area contributed by atoms with Crippen LogP contribution in [0.4, 0.5) is 0 Å². The fourth-order valence-electron chi connectivity index (χ4n) is 0. The van der Waals surface area contributed by atoms with Gasteiger partial charge in [-0.2, -0.15) is 0 Å². The minimum atomic E-state index is -0.833. The van der Waals surface area contributed by atoms with Crippen molar-refractivity contribution in [2.75, 3.05) is 26.2 Å². The molecule has 2 aliphatic rings. The number of carbonyl (C=O) groups is 4. The molecule has 0 spiro atoms. The second-order valence-corrected chi connectivity index (χ2v) is 3.58. The highest BCUT2D eigenvalue weighted by molar-refractivity contribution is 5.63. The van der Waals surface area contributed by atoms with Crippen LogP contribution in [0.25, 0.3) is 0 Å². The van der Waals surface area contributed by atoms with E-state index in [2.05, 4.69) is 10.6 Å². The van der Waals surface area contributed by atoms with Gasteiger partial charge in [0, 0.05) is 53.9 Å². The molecule has 2 rings (SSSR count). The van der Waals surface area contributed by atoms with Crippen molar-refractivity contribution < 1.29 is 39.6 Å². The summed E-state index contributed by atoms with van der Waals surface area (Å²) >= 11 is 0. The van der Waals surface area contributed by atoms with E-state index in [0.29, 0.717) is 0 Å². The normalized spacial score (nSPS) is 11.1. The van der Waals surface area contributed by atoms with Gasteiger partial charge in [-0.25, -0.2) is 0 Å². The summed E-state index contributed by atoms with van der Waals surface area (Å²) in [5.41, 5.74) is 0. The Balaban J connectivity index is -0.0000000884. The molecule has 2 heterocycles. The van der Waals surface area contributed by atoms with Crippen molar-refractivity contribution in [3.63, 3.8) is 0 Å². The molecule has 0 aromatic rings. The largest absolute Gasteiger partial charge is 0.481 e. The van der Waals surface area contributed by atoms with E-state index in [4.69, 9.17) is 39.6 Å². The van der Waals surface area contributed by atoms with Crippen LogP contribution in [0.15, 0.2) is 0 Å². The van der Waals surface area contributed by atoms with Crippen molar-refractivity contribution in [2.45, 2.75) is 27.7 Å². The van der Waals surface area contributed by atoms with Gasteiger partial charge >= 0.3 is 0 Å². The third-order valence-electron chi connectivity index (χ3n) is 0.500. The van der Waals surface area contributed by atoms with E-state index in [-0.39, 0.29) is 0 Å². The molecule has 0 aromatic carbocycles. The Hall–Kier alpha value is -2.20. The summed E-state index contributed by atoms with van der Waals surface area (Å²) in [4.78, 5) is 36.0. The van der Waals surface area contributed by atoms with Crippen LogP contribution >= 0.6 is 0 Å². The molecule has 22 heavy (non-hydrogen) atoms. The van der Waals surface area contributed by atoms with Gasteiger partial charge in [0.1, 0.15) is 0 Å². The molecule has 2 aliphatic heterocycles. The molecule has 10 heteroatoms. The first-order valence-corrected chi connectivity index (χ1v) is 6.13. The van der Waals surface area contributed by atoms with Gasteiger partial charge in [-0.1, -0.05) is 0 Å². The van der Waals surface area contributed by atoms with Crippen LogP contribution in [0.1, 0.15) is 27.7 Å². The third-order valence-corrected chi connectivity index (χ3v) is 0.500. The van der Waals surface area contributed by atoms with Crippen molar-refractivity contribution in [2.24, 2.45) is 0 Å². The number of hydrogen-bond acceptors (Lipinski definition) is 6. The number of carboxylic acid groups (broad SMARTS) is 4. The van der Waals surface area contributed by atoms with Crippen LogP contribution in [0.2, 0.25) is 0 Å². The van der Waals surface area contributed by atoms with E-state index in [0.717, 1.165) is 27.7 Å². The summed E-state index contributed by atoms with van der Waals surface area (Å²) < 4.78 is 0. The minimum absolute atomic E-state index is 0.833. The molecule has 0 unspecified atom stereocenters. The molecule has 0 radical (unpaired) electrons. The average Bonchev–Trinajstić information content (AvgIpc) is 3.09. The second kappa shape index (κ2) is 23.9. The molecule has 6 N–H and O–H groups in total. The summed E-state index contributed by atoms with van der Waals surface area (Å²) in [6.45, 7) is 9.33. The number of hydrogen-bond donors (Lipinski definition) is 6. The Kier molecular flexibility index (Phi) is 30.4. The van der Waals surface area contributed by atoms with E-state index in [1.54, 1.807) is 0 Å². The van der Waals surface area contributed by atoms with E-state index in [1.807, 2.05) is 0 Å². The highest BCUT2D eigenvalue weighted by Crippen LogP contribution is 1.65. The van der Waals surface area contributed by atoms with Crippen LogP contribution in [-0.2, 0) is 19.2 Å². The molecule has 0 saturated carbocycles. The van der Waals surface area contributed by atoms with E-state index >= 15 is 0 Å². The Labute approximate surface area is 129 Å². The Bertz CT molecular complexity index is 228. The van der Waals surface area contributed by atoms with Gasteiger partial charge in [0.15, 0.2) is 0 Å². The van der Waals surface area contributed by atoms with Gasteiger partial charge in [-0.15, -0.1) is 0 Å². The number of nitrogens with one attached hydrogen (secondary N) is 2. The number of rotatable bonds is 0. The fourth-order valence-corrected chi connectivity index (χ4v) is 0. The molecule has 2 saturated heterocycles. The summed E-state index contributed by atoms with van der Waals surface area (Å²) in [5.74, 6) is -3.33. The highest BCUT2D eigenvalue weighted by Gasteiger charge is 1.91. The van der Waals surface area contributed by atoms with Crippen molar-refractivity contribution in [3.05, 3.63) is 0 Å². The van der Waals surface area contributed by atoms with Crippen molar-refractivity contribution in [1.29, 1.82) is 0 Å². The minimum Gasteiger partial charge on any atom is -0.481 e. The average molecular weight is 326 g/mol.